The highest BCUT2D eigenvalue weighted by Crippen LogP contribution is 2.23. The number of aromatic nitrogens is 2. The summed E-state index contributed by atoms with van der Waals surface area (Å²) in [6.07, 6.45) is 4.27. The fourth-order valence-corrected chi connectivity index (χ4v) is 2.82. The van der Waals surface area contributed by atoms with E-state index in [0.717, 1.165) is 12.1 Å². The first-order valence-corrected chi connectivity index (χ1v) is 7.62. The summed E-state index contributed by atoms with van der Waals surface area (Å²) in [5, 5.41) is 4.45. The van der Waals surface area contributed by atoms with E-state index in [-0.39, 0.29) is 11.3 Å². The van der Waals surface area contributed by atoms with Gasteiger partial charge >= 0.3 is 0 Å². The van der Waals surface area contributed by atoms with Crippen LogP contribution in [0, 0.1) is 5.92 Å². The van der Waals surface area contributed by atoms with Gasteiger partial charge in [-0.15, -0.1) is 11.6 Å². The van der Waals surface area contributed by atoms with E-state index in [2.05, 4.69) is 12.0 Å². The lowest BCUT2D eigenvalue weighted by Crippen LogP contribution is -2.43. The Balaban J connectivity index is 1.76. The lowest BCUT2D eigenvalue weighted by Gasteiger charge is -2.33. The molecule has 21 heavy (non-hydrogen) atoms. The maximum Gasteiger partial charge on any atom is 0.257 e. The van der Waals surface area contributed by atoms with Crippen LogP contribution in [0.3, 0.4) is 0 Å². The summed E-state index contributed by atoms with van der Waals surface area (Å²) in [4.78, 5) is 14.4. The van der Waals surface area contributed by atoms with Gasteiger partial charge in [-0.05, 0) is 24.5 Å². The molecule has 1 fully saturated rings. The van der Waals surface area contributed by atoms with E-state index in [1.807, 2.05) is 35.2 Å². The number of hydrogen-bond acceptors (Lipinski definition) is 2. The second-order valence-corrected chi connectivity index (χ2v) is 6.10. The van der Waals surface area contributed by atoms with Crippen LogP contribution in [0.5, 0.6) is 0 Å². The average molecular weight is 304 g/mol. The number of halogens is 1. The maximum atomic E-state index is 12.5. The fourth-order valence-electron chi connectivity index (χ4n) is 2.64. The molecular weight excluding hydrogens is 286 g/mol. The molecular formula is C16H18ClN3O. The van der Waals surface area contributed by atoms with Gasteiger partial charge in [-0.25, -0.2) is 4.68 Å². The molecule has 0 aliphatic carbocycles. The Hall–Kier alpha value is -1.81. The van der Waals surface area contributed by atoms with E-state index in [4.69, 9.17) is 11.6 Å². The summed E-state index contributed by atoms with van der Waals surface area (Å²) in [6, 6.07) is 9.78. The number of likely N-dealkylation sites (tertiary alicyclic amines) is 1. The average Bonchev–Trinajstić information content (AvgIpc) is 3.00. The van der Waals surface area contributed by atoms with Gasteiger partial charge in [0.15, 0.2) is 0 Å². The summed E-state index contributed by atoms with van der Waals surface area (Å²) < 4.78 is 1.73. The van der Waals surface area contributed by atoms with Gasteiger partial charge in [0.05, 0.1) is 17.4 Å². The molecule has 0 spiro atoms. The number of nitrogens with zero attached hydrogens (tertiary/aromatic N) is 3. The zero-order chi connectivity index (χ0) is 14.8. The van der Waals surface area contributed by atoms with E-state index in [1.165, 1.54) is 0 Å². The molecule has 0 bridgehead atoms. The Morgan fingerprint density at radius 2 is 2.10 bits per heavy atom. The first-order valence-electron chi connectivity index (χ1n) is 7.18. The van der Waals surface area contributed by atoms with Crippen LogP contribution in [-0.2, 0) is 0 Å². The quantitative estimate of drug-likeness (QED) is 0.800. The first-order chi connectivity index (χ1) is 10.1. The van der Waals surface area contributed by atoms with Crippen LogP contribution in [0.15, 0.2) is 42.7 Å². The molecule has 1 aromatic carbocycles. The molecule has 0 saturated carbocycles. The van der Waals surface area contributed by atoms with E-state index >= 15 is 0 Å². The number of benzene rings is 1. The minimum atomic E-state index is 0.0348. The van der Waals surface area contributed by atoms with Crippen molar-refractivity contribution >= 4 is 17.5 Å². The monoisotopic (exact) mass is 303 g/mol. The first kappa shape index (κ1) is 14.1. The molecule has 4 nitrogen and oxygen atoms in total. The lowest BCUT2D eigenvalue weighted by atomic mass is 9.99. The topological polar surface area (TPSA) is 38.1 Å². The highest BCUT2D eigenvalue weighted by Gasteiger charge is 2.28. The second kappa shape index (κ2) is 5.90. The van der Waals surface area contributed by atoms with Crippen molar-refractivity contribution in [3.05, 3.63) is 48.3 Å². The number of alkyl halides is 1. The van der Waals surface area contributed by atoms with E-state index in [1.54, 1.807) is 17.1 Å². The highest BCUT2D eigenvalue weighted by molar-refractivity contribution is 6.20. The molecule has 2 unspecified atom stereocenters. The standard InChI is InChI=1S/C16H18ClN3O/c1-12-10-19(8-7-15(12)17)16(21)13-9-18-20(11-13)14-5-3-2-4-6-14/h2-6,9,11-12,15H,7-8,10H2,1H3. The normalized spacial score (nSPS) is 22.3. The van der Waals surface area contributed by atoms with Crippen LogP contribution in [0.1, 0.15) is 23.7 Å². The number of carbonyl (C=O) groups excluding carboxylic acids is 1. The maximum absolute atomic E-state index is 12.5. The lowest BCUT2D eigenvalue weighted by molar-refractivity contribution is 0.0687. The van der Waals surface area contributed by atoms with Crippen molar-refractivity contribution in [2.45, 2.75) is 18.7 Å². The molecule has 110 valence electrons. The van der Waals surface area contributed by atoms with Gasteiger partial charge in [0.2, 0.25) is 0 Å². The smallest absolute Gasteiger partial charge is 0.257 e. The van der Waals surface area contributed by atoms with Crippen LogP contribution >= 0.6 is 11.6 Å². The molecule has 5 heteroatoms. The molecule has 3 rings (SSSR count). The largest absolute Gasteiger partial charge is 0.338 e. The third-order valence-corrected chi connectivity index (χ3v) is 4.59. The fraction of sp³-hybridized carbons (Fsp3) is 0.375. The number of carbonyl (C=O) groups is 1. The molecule has 1 saturated heterocycles. The van der Waals surface area contributed by atoms with Gasteiger partial charge in [-0.2, -0.15) is 5.10 Å². The molecule has 1 aliphatic rings. The number of piperidine rings is 1. The Morgan fingerprint density at radius 1 is 1.33 bits per heavy atom. The molecule has 1 aromatic heterocycles. The number of amides is 1. The molecule has 2 atom stereocenters. The number of hydrogen-bond donors (Lipinski definition) is 0. The SMILES string of the molecule is CC1CN(C(=O)c2cnn(-c3ccccc3)c2)CCC1Cl. The minimum Gasteiger partial charge on any atom is -0.338 e. The minimum absolute atomic E-state index is 0.0348. The van der Waals surface area contributed by atoms with Crippen LogP contribution in [0.4, 0.5) is 0 Å². The van der Waals surface area contributed by atoms with Crippen molar-refractivity contribution in [1.29, 1.82) is 0 Å². The Bertz CT molecular complexity index is 625. The third kappa shape index (κ3) is 2.95. The van der Waals surface area contributed by atoms with Crippen molar-refractivity contribution in [2.75, 3.05) is 13.1 Å². The summed E-state index contributed by atoms with van der Waals surface area (Å²) in [5.74, 6) is 0.362. The second-order valence-electron chi connectivity index (χ2n) is 5.54. The molecule has 0 radical (unpaired) electrons. The summed E-state index contributed by atoms with van der Waals surface area (Å²) in [7, 11) is 0. The molecule has 1 aliphatic heterocycles. The van der Waals surface area contributed by atoms with Crippen LogP contribution < -0.4 is 0 Å². The summed E-state index contributed by atoms with van der Waals surface area (Å²) in [5.41, 5.74) is 1.57. The zero-order valence-corrected chi connectivity index (χ0v) is 12.7. The summed E-state index contributed by atoms with van der Waals surface area (Å²) in [6.45, 7) is 3.52. The third-order valence-electron chi connectivity index (χ3n) is 3.94. The number of para-hydroxylation sites is 1. The predicted octanol–water partition coefficient (Wildman–Crippen LogP) is 2.96. The molecule has 1 amide bonds. The van der Waals surface area contributed by atoms with Gasteiger partial charge in [-0.3, -0.25) is 4.79 Å². The molecule has 0 N–H and O–H groups in total. The summed E-state index contributed by atoms with van der Waals surface area (Å²) >= 11 is 6.21. The Labute approximate surface area is 129 Å². The highest BCUT2D eigenvalue weighted by atomic mass is 35.5. The van der Waals surface area contributed by atoms with Crippen molar-refractivity contribution in [1.82, 2.24) is 14.7 Å². The van der Waals surface area contributed by atoms with E-state index in [0.29, 0.717) is 24.6 Å². The number of rotatable bonds is 2. The van der Waals surface area contributed by atoms with Gasteiger partial charge in [0.1, 0.15) is 0 Å². The van der Waals surface area contributed by atoms with Crippen molar-refractivity contribution < 1.29 is 4.79 Å². The van der Waals surface area contributed by atoms with E-state index < -0.39 is 0 Å². The Morgan fingerprint density at radius 3 is 2.81 bits per heavy atom. The van der Waals surface area contributed by atoms with Gasteiger partial charge < -0.3 is 4.90 Å². The van der Waals surface area contributed by atoms with Crippen LogP contribution in [0.25, 0.3) is 5.69 Å². The van der Waals surface area contributed by atoms with Gasteiger partial charge in [0, 0.05) is 24.7 Å². The van der Waals surface area contributed by atoms with Crippen molar-refractivity contribution in [3.63, 3.8) is 0 Å². The molecule has 2 heterocycles. The molecule has 2 aromatic rings. The van der Waals surface area contributed by atoms with Gasteiger partial charge in [-0.1, -0.05) is 25.1 Å². The zero-order valence-electron chi connectivity index (χ0n) is 11.9. The van der Waals surface area contributed by atoms with E-state index in [9.17, 15) is 4.79 Å². The van der Waals surface area contributed by atoms with Crippen molar-refractivity contribution in [2.24, 2.45) is 5.92 Å². The van der Waals surface area contributed by atoms with Crippen LogP contribution in [-0.4, -0.2) is 39.1 Å². The van der Waals surface area contributed by atoms with Crippen LogP contribution in [0.2, 0.25) is 0 Å². The predicted molar refractivity (Wildman–Crippen MR) is 82.9 cm³/mol. The van der Waals surface area contributed by atoms with Crippen molar-refractivity contribution in [3.8, 4) is 5.69 Å². The van der Waals surface area contributed by atoms with Gasteiger partial charge in [0.25, 0.3) is 5.91 Å². The Kier molecular flexibility index (Phi) is 3.97.